The van der Waals surface area contributed by atoms with Gasteiger partial charge in [-0.2, -0.15) is 5.10 Å². The fourth-order valence-electron chi connectivity index (χ4n) is 3.49. The molecule has 3 rings (SSSR count). The van der Waals surface area contributed by atoms with Crippen LogP contribution in [-0.2, 0) is 21.9 Å². The lowest BCUT2D eigenvalue weighted by atomic mass is 9.97. The van der Waals surface area contributed by atoms with Gasteiger partial charge in [-0.05, 0) is 55.3 Å². The summed E-state index contributed by atoms with van der Waals surface area (Å²) in [5.74, 6) is -0.0455. The molecule has 1 aromatic carbocycles. The molecule has 160 valence electrons. The van der Waals surface area contributed by atoms with Crippen LogP contribution < -0.4 is 5.32 Å². The quantitative estimate of drug-likeness (QED) is 0.712. The van der Waals surface area contributed by atoms with E-state index < -0.39 is 10.0 Å². The molecule has 2 heterocycles. The van der Waals surface area contributed by atoms with Crippen molar-refractivity contribution < 1.29 is 13.2 Å². The summed E-state index contributed by atoms with van der Waals surface area (Å²) in [5.41, 5.74) is 3.98. The van der Waals surface area contributed by atoms with E-state index in [0.717, 1.165) is 22.3 Å². The maximum absolute atomic E-state index is 12.7. The molecule has 0 spiro atoms. The van der Waals surface area contributed by atoms with Crippen LogP contribution in [0.3, 0.4) is 0 Å². The number of aliphatic imine (C=N–C) groups is 1. The molecule has 1 amide bonds. The van der Waals surface area contributed by atoms with Crippen LogP contribution in [0.1, 0.15) is 24.0 Å². The standard InChI is InChI=1S/C21H27N5O3S/c1-15-5-6-17(19-13-23-25(3)14-19)11-18(15)12-20(22-2)24-21(27)16-7-9-26(10-8-16)30(4,28)29/h5-6,11-14,16H,2,7-10H2,1,3-4H3,(H,24,27)/b20-12+. The smallest absolute Gasteiger partial charge is 0.228 e. The number of aromatic nitrogens is 2. The summed E-state index contributed by atoms with van der Waals surface area (Å²) in [7, 11) is -1.35. The lowest BCUT2D eigenvalue weighted by Gasteiger charge is -2.29. The molecule has 1 fully saturated rings. The molecule has 0 bridgehead atoms. The summed E-state index contributed by atoms with van der Waals surface area (Å²) in [6, 6.07) is 6.06. The predicted molar refractivity (Wildman–Crippen MR) is 118 cm³/mol. The zero-order valence-electron chi connectivity index (χ0n) is 17.5. The Morgan fingerprint density at radius 3 is 2.57 bits per heavy atom. The Kier molecular flexibility index (Phi) is 6.52. The van der Waals surface area contributed by atoms with E-state index >= 15 is 0 Å². The van der Waals surface area contributed by atoms with Crippen LogP contribution in [0.25, 0.3) is 17.2 Å². The van der Waals surface area contributed by atoms with Gasteiger partial charge in [-0.15, -0.1) is 0 Å². The van der Waals surface area contributed by atoms with Gasteiger partial charge in [0.25, 0.3) is 0 Å². The summed E-state index contributed by atoms with van der Waals surface area (Å²) in [6.07, 6.45) is 7.70. The van der Waals surface area contributed by atoms with E-state index in [1.807, 2.05) is 38.4 Å². The number of aryl methyl sites for hydroxylation is 2. The Labute approximate surface area is 177 Å². The molecule has 8 nitrogen and oxygen atoms in total. The van der Waals surface area contributed by atoms with Crippen LogP contribution in [-0.4, -0.2) is 54.5 Å². The Balaban J connectivity index is 1.73. The largest absolute Gasteiger partial charge is 0.310 e. The maximum Gasteiger partial charge on any atom is 0.228 e. The summed E-state index contributed by atoms with van der Waals surface area (Å²) in [5, 5.41) is 7.05. The molecule has 2 aromatic rings. The van der Waals surface area contributed by atoms with Gasteiger partial charge in [0.05, 0.1) is 12.5 Å². The first kappa shape index (κ1) is 21.9. The zero-order chi connectivity index (χ0) is 21.9. The molecule has 0 radical (unpaired) electrons. The minimum Gasteiger partial charge on any atom is -0.310 e. The number of hydrogen-bond acceptors (Lipinski definition) is 5. The number of carbonyl (C=O) groups excluding carboxylic acids is 1. The maximum atomic E-state index is 12.7. The average molecular weight is 430 g/mol. The van der Waals surface area contributed by atoms with Crippen LogP contribution in [0, 0.1) is 12.8 Å². The lowest BCUT2D eigenvalue weighted by molar-refractivity contribution is -0.125. The minimum absolute atomic E-state index is 0.164. The molecule has 1 N–H and O–H groups in total. The zero-order valence-corrected chi connectivity index (χ0v) is 18.3. The molecule has 30 heavy (non-hydrogen) atoms. The van der Waals surface area contributed by atoms with Crippen molar-refractivity contribution >= 4 is 28.7 Å². The number of piperidine rings is 1. The van der Waals surface area contributed by atoms with Gasteiger partial charge < -0.3 is 5.32 Å². The third kappa shape index (κ3) is 5.22. The van der Waals surface area contributed by atoms with Gasteiger partial charge in [-0.25, -0.2) is 17.7 Å². The molecule has 0 aliphatic carbocycles. The molecule has 0 saturated carbocycles. The monoisotopic (exact) mass is 429 g/mol. The van der Waals surface area contributed by atoms with Crippen molar-refractivity contribution in [1.82, 2.24) is 19.4 Å². The van der Waals surface area contributed by atoms with E-state index in [9.17, 15) is 13.2 Å². The van der Waals surface area contributed by atoms with Crippen LogP contribution >= 0.6 is 0 Å². The molecule has 0 atom stereocenters. The fraction of sp³-hybridized carbons (Fsp3) is 0.381. The number of hydrogen-bond donors (Lipinski definition) is 1. The van der Waals surface area contributed by atoms with Gasteiger partial charge in [-0.3, -0.25) is 9.48 Å². The van der Waals surface area contributed by atoms with Crippen molar-refractivity contribution in [3.63, 3.8) is 0 Å². The highest BCUT2D eigenvalue weighted by Crippen LogP contribution is 2.24. The molecular weight excluding hydrogens is 402 g/mol. The van der Waals surface area contributed by atoms with Crippen molar-refractivity contribution in [1.29, 1.82) is 0 Å². The first-order chi connectivity index (χ1) is 14.2. The Bertz CT molecular complexity index is 1080. The van der Waals surface area contributed by atoms with Crippen molar-refractivity contribution in [2.24, 2.45) is 18.0 Å². The molecule has 1 aromatic heterocycles. The Morgan fingerprint density at radius 2 is 2.00 bits per heavy atom. The second-order valence-corrected chi connectivity index (χ2v) is 9.57. The van der Waals surface area contributed by atoms with E-state index in [-0.39, 0.29) is 11.8 Å². The molecule has 1 aliphatic heterocycles. The number of sulfonamides is 1. The third-order valence-electron chi connectivity index (χ3n) is 5.33. The van der Waals surface area contributed by atoms with Crippen molar-refractivity contribution in [3.8, 4) is 11.1 Å². The van der Waals surface area contributed by atoms with Crippen LogP contribution in [0.5, 0.6) is 0 Å². The number of amides is 1. The van der Waals surface area contributed by atoms with Crippen LogP contribution in [0.15, 0.2) is 41.4 Å². The van der Waals surface area contributed by atoms with E-state index in [1.165, 1.54) is 10.6 Å². The molecular formula is C21H27N5O3S. The van der Waals surface area contributed by atoms with E-state index in [0.29, 0.717) is 31.8 Å². The average Bonchev–Trinajstić information content (AvgIpc) is 3.14. The molecule has 9 heteroatoms. The first-order valence-electron chi connectivity index (χ1n) is 9.71. The second kappa shape index (κ2) is 8.93. The van der Waals surface area contributed by atoms with Gasteiger partial charge in [0.1, 0.15) is 5.82 Å². The van der Waals surface area contributed by atoms with E-state index in [4.69, 9.17) is 0 Å². The highest BCUT2D eigenvalue weighted by molar-refractivity contribution is 7.88. The Hall–Kier alpha value is -2.78. The molecule has 0 unspecified atom stereocenters. The van der Waals surface area contributed by atoms with Crippen molar-refractivity contribution in [3.05, 3.63) is 47.5 Å². The number of nitrogens with one attached hydrogen (secondary N) is 1. The second-order valence-electron chi connectivity index (χ2n) is 7.59. The topological polar surface area (TPSA) is 96.7 Å². The lowest BCUT2D eigenvalue weighted by Crippen LogP contribution is -2.42. The van der Waals surface area contributed by atoms with Gasteiger partial charge in [-0.1, -0.05) is 12.1 Å². The summed E-state index contributed by atoms with van der Waals surface area (Å²) >= 11 is 0. The number of rotatable bonds is 6. The van der Waals surface area contributed by atoms with Gasteiger partial charge >= 0.3 is 0 Å². The predicted octanol–water partition coefficient (Wildman–Crippen LogP) is 2.18. The highest BCUT2D eigenvalue weighted by Gasteiger charge is 2.29. The van der Waals surface area contributed by atoms with Crippen LogP contribution in [0.2, 0.25) is 0 Å². The van der Waals surface area contributed by atoms with E-state index in [1.54, 1.807) is 17.0 Å². The first-order valence-corrected chi connectivity index (χ1v) is 11.6. The Morgan fingerprint density at radius 1 is 1.30 bits per heavy atom. The van der Waals surface area contributed by atoms with Gasteiger partial charge in [0.2, 0.25) is 15.9 Å². The van der Waals surface area contributed by atoms with Crippen molar-refractivity contribution in [2.45, 2.75) is 19.8 Å². The molecule has 1 saturated heterocycles. The normalized spacial score (nSPS) is 16.4. The number of benzene rings is 1. The van der Waals surface area contributed by atoms with Gasteiger partial charge in [0.15, 0.2) is 0 Å². The summed E-state index contributed by atoms with van der Waals surface area (Å²) in [6.45, 7) is 6.27. The minimum atomic E-state index is -3.22. The van der Waals surface area contributed by atoms with E-state index in [2.05, 4.69) is 22.1 Å². The SMILES string of the molecule is C=N/C(=C\c1cc(-c2cnn(C)c2)ccc1C)NC(=O)C1CCN(S(C)(=O)=O)CC1. The highest BCUT2D eigenvalue weighted by atomic mass is 32.2. The molecule has 1 aliphatic rings. The summed E-state index contributed by atoms with van der Waals surface area (Å²) < 4.78 is 26.4. The number of nitrogens with zero attached hydrogens (tertiary/aromatic N) is 4. The fourth-order valence-corrected chi connectivity index (χ4v) is 4.37. The number of carbonyl (C=O) groups is 1. The van der Waals surface area contributed by atoms with Crippen LogP contribution in [0.4, 0.5) is 0 Å². The van der Waals surface area contributed by atoms with Gasteiger partial charge in [0, 0.05) is 37.8 Å². The third-order valence-corrected chi connectivity index (χ3v) is 6.63. The van der Waals surface area contributed by atoms with Crippen molar-refractivity contribution in [2.75, 3.05) is 19.3 Å². The summed E-state index contributed by atoms with van der Waals surface area (Å²) in [4.78, 5) is 16.6.